The van der Waals surface area contributed by atoms with Gasteiger partial charge in [0.2, 0.25) is 11.8 Å². The predicted molar refractivity (Wildman–Crippen MR) is 93.4 cm³/mol. The van der Waals surface area contributed by atoms with Gasteiger partial charge >= 0.3 is 0 Å². The number of aromatic nitrogens is 2. The summed E-state index contributed by atoms with van der Waals surface area (Å²) in [5.41, 5.74) is 7.84. The molecule has 1 fully saturated rings. The summed E-state index contributed by atoms with van der Waals surface area (Å²) < 4.78 is 5.88. The van der Waals surface area contributed by atoms with Crippen LogP contribution in [0, 0.1) is 6.92 Å². The first-order valence-corrected chi connectivity index (χ1v) is 8.11. The van der Waals surface area contributed by atoms with E-state index in [9.17, 15) is 0 Å². The Hall–Kier alpha value is -2.38. The molecule has 0 atom stereocenters. The average Bonchev–Trinajstić information content (AvgIpc) is 2.58. The number of hydrogen-bond acceptors (Lipinski definition) is 7. The van der Waals surface area contributed by atoms with Gasteiger partial charge in [-0.25, -0.2) is 4.98 Å². The van der Waals surface area contributed by atoms with Gasteiger partial charge < -0.3 is 20.5 Å². The zero-order chi connectivity index (χ0) is 16.9. The van der Waals surface area contributed by atoms with E-state index in [1.807, 2.05) is 12.1 Å². The lowest BCUT2D eigenvalue weighted by molar-refractivity contribution is 0.188. The molecule has 0 saturated carbocycles. The fourth-order valence-electron chi connectivity index (χ4n) is 2.94. The maximum Gasteiger partial charge on any atom is 0.224 e. The normalized spacial score (nSPS) is 15.5. The maximum atomic E-state index is 9.05. The second-order valence-electron chi connectivity index (χ2n) is 5.81. The molecule has 3 rings (SSSR count). The number of aliphatic hydroxyl groups excluding tert-OH is 1. The molecule has 128 valence electrons. The van der Waals surface area contributed by atoms with Crippen LogP contribution in [-0.4, -0.2) is 59.3 Å². The van der Waals surface area contributed by atoms with Gasteiger partial charge in [0.15, 0.2) is 0 Å². The predicted octanol–water partition coefficient (Wildman–Crippen LogP) is 1.27. The summed E-state index contributed by atoms with van der Waals surface area (Å²) in [7, 11) is 0. The molecule has 1 aliphatic heterocycles. The van der Waals surface area contributed by atoms with Gasteiger partial charge in [-0.3, -0.25) is 4.90 Å². The third kappa shape index (κ3) is 3.74. The zero-order valence-corrected chi connectivity index (χ0v) is 13.9. The second-order valence-corrected chi connectivity index (χ2v) is 5.81. The van der Waals surface area contributed by atoms with E-state index >= 15 is 0 Å². The van der Waals surface area contributed by atoms with Crippen LogP contribution in [0.25, 0.3) is 0 Å². The topological polar surface area (TPSA) is 87.7 Å². The molecule has 0 aliphatic carbocycles. The monoisotopic (exact) mass is 329 g/mol. The Bertz CT molecular complexity index is 686. The SMILES string of the molecule is Cc1c(Oc2ccnc(N)n2)cccc1N1CCN(CCO)CC1. The molecule has 1 aromatic carbocycles. The molecule has 0 unspecified atom stereocenters. The lowest BCUT2D eigenvalue weighted by Gasteiger charge is -2.36. The van der Waals surface area contributed by atoms with Crippen LogP contribution in [0.2, 0.25) is 0 Å². The highest BCUT2D eigenvalue weighted by atomic mass is 16.5. The molecule has 7 heteroatoms. The highest BCUT2D eigenvalue weighted by Gasteiger charge is 2.19. The number of ether oxygens (including phenoxy) is 1. The fraction of sp³-hybridized carbons (Fsp3) is 0.412. The van der Waals surface area contributed by atoms with Crippen molar-refractivity contribution in [2.75, 3.05) is 50.0 Å². The smallest absolute Gasteiger partial charge is 0.224 e. The lowest BCUT2D eigenvalue weighted by Crippen LogP contribution is -2.47. The summed E-state index contributed by atoms with van der Waals surface area (Å²) in [5.74, 6) is 1.40. The third-order valence-electron chi connectivity index (χ3n) is 4.25. The van der Waals surface area contributed by atoms with E-state index in [4.69, 9.17) is 15.6 Å². The Morgan fingerprint density at radius 1 is 1.21 bits per heavy atom. The molecule has 1 aliphatic rings. The Balaban J connectivity index is 1.74. The number of nitrogen functional groups attached to an aromatic ring is 1. The number of anilines is 2. The van der Waals surface area contributed by atoms with Gasteiger partial charge in [-0.05, 0) is 19.1 Å². The molecule has 2 aromatic rings. The highest BCUT2D eigenvalue weighted by Crippen LogP contribution is 2.31. The van der Waals surface area contributed by atoms with Crippen LogP contribution in [0.3, 0.4) is 0 Å². The number of benzene rings is 1. The van der Waals surface area contributed by atoms with E-state index in [1.165, 1.54) is 0 Å². The van der Waals surface area contributed by atoms with Crippen molar-refractivity contribution in [1.82, 2.24) is 14.9 Å². The molecule has 1 aromatic heterocycles. The van der Waals surface area contributed by atoms with Crippen molar-refractivity contribution in [2.24, 2.45) is 0 Å². The average molecular weight is 329 g/mol. The molecule has 7 nitrogen and oxygen atoms in total. The van der Waals surface area contributed by atoms with Crippen LogP contribution < -0.4 is 15.4 Å². The first-order valence-electron chi connectivity index (χ1n) is 8.11. The molecular weight excluding hydrogens is 306 g/mol. The van der Waals surface area contributed by atoms with Crippen molar-refractivity contribution >= 4 is 11.6 Å². The summed E-state index contributed by atoms with van der Waals surface area (Å²) in [6.07, 6.45) is 1.58. The number of β-amino-alcohol motifs (C(OH)–C–C–N with tert-alkyl or cyclic N) is 1. The van der Waals surface area contributed by atoms with E-state index in [1.54, 1.807) is 12.3 Å². The largest absolute Gasteiger partial charge is 0.439 e. The molecule has 0 spiro atoms. The summed E-state index contributed by atoms with van der Waals surface area (Å²) in [6, 6.07) is 7.72. The minimum Gasteiger partial charge on any atom is -0.439 e. The van der Waals surface area contributed by atoms with E-state index in [0.717, 1.165) is 49.7 Å². The van der Waals surface area contributed by atoms with E-state index in [2.05, 4.69) is 32.8 Å². The van der Waals surface area contributed by atoms with Crippen molar-refractivity contribution in [3.8, 4) is 11.6 Å². The van der Waals surface area contributed by atoms with Gasteiger partial charge in [0.1, 0.15) is 5.75 Å². The van der Waals surface area contributed by atoms with Gasteiger partial charge in [0.25, 0.3) is 0 Å². The highest BCUT2D eigenvalue weighted by molar-refractivity contribution is 5.59. The molecule has 3 N–H and O–H groups in total. The number of hydrogen-bond donors (Lipinski definition) is 2. The quantitative estimate of drug-likeness (QED) is 0.854. The van der Waals surface area contributed by atoms with Gasteiger partial charge in [-0.1, -0.05) is 6.07 Å². The standard InChI is InChI=1S/C17H23N5O2/c1-13-14(22-9-7-21(8-10-22)11-12-23)3-2-4-15(13)24-16-5-6-19-17(18)20-16/h2-6,23H,7-12H2,1H3,(H2,18,19,20). The van der Waals surface area contributed by atoms with Crippen molar-refractivity contribution in [2.45, 2.75) is 6.92 Å². The molecule has 2 heterocycles. The summed E-state index contributed by atoms with van der Waals surface area (Å²) in [4.78, 5) is 12.6. The van der Waals surface area contributed by atoms with E-state index in [0.29, 0.717) is 5.88 Å². The first-order chi connectivity index (χ1) is 11.7. The van der Waals surface area contributed by atoms with Crippen LogP contribution in [-0.2, 0) is 0 Å². The van der Waals surface area contributed by atoms with Gasteiger partial charge in [0.05, 0.1) is 6.61 Å². The zero-order valence-electron chi connectivity index (χ0n) is 13.9. The first kappa shape index (κ1) is 16.5. The number of rotatable bonds is 5. The van der Waals surface area contributed by atoms with Crippen molar-refractivity contribution < 1.29 is 9.84 Å². The fourth-order valence-corrected chi connectivity index (χ4v) is 2.94. The molecule has 0 amide bonds. The molecule has 0 radical (unpaired) electrons. The van der Waals surface area contributed by atoms with E-state index < -0.39 is 0 Å². The van der Waals surface area contributed by atoms with Crippen LogP contribution >= 0.6 is 0 Å². The maximum absolute atomic E-state index is 9.05. The molecular formula is C17H23N5O2. The Labute approximate surface area is 141 Å². The van der Waals surface area contributed by atoms with Crippen LogP contribution in [0.4, 0.5) is 11.6 Å². The van der Waals surface area contributed by atoms with Gasteiger partial charge in [0, 0.05) is 56.2 Å². The van der Waals surface area contributed by atoms with Crippen LogP contribution in [0.5, 0.6) is 11.6 Å². The molecule has 1 saturated heterocycles. The van der Waals surface area contributed by atoms with Crippen molar-refractivity contribution in [3.63, 3.8) is 0 Å². The Morgan fingerprint density at radius 2 is 2.00 bits per heavy atom. The van der Waals surface area contributed by atoms with Crippen molar-refractivity contribution in [3.05, 3.63) is 36.0 Å². The van der Waals surface area contributed by atoms with Gasteiger partial charge in [-0.2, -0.15) is 4.98 Å². The number of piperazine rings is 1. The van der Waals surface area contributed by atoms with Crippen LogP contribution in [0.1, 0.15) is 5.56 Å². The minimum atomic E-state index is 0.196. The summed E-state index contributed by atoms with van der Waals surface area (Å²) in [6.45, 7) is 6.78. The Kier molecular flexibility index (Phi) is 5.12. The number of aliphatic hydroxyl groups is 1. The minimum absolute atomic E-state index is 0.196. The van der Waals surface area contributed by atoms with E-state index in [-0.39, 0.29) is 12.6 Å². The second kappa shape index (κ2) is 7.46. The number of nitrogens with zero attached hydrogens (tertiary/aromatic N) is 4. The lowest BCUT2D eigenvalue weighted by atomic mass is 10.1. The molecule has 0 bridgehead atoms. The Morgan fingerprint density at radius 3 is 2.71 bits per heavy atom. The third-order valence-corrected chi connectivity index (χ3v) is 4.25. The number of nitrogens with two attached hydrogens (primary N) is 1. The van der Waals surface area contributed by atoms with Crippen LogP contribution in [0.15, 0.2) is 30.5 Å². The summed E-state index contributed by atoms with van der Waals surface area (Å²) >= 11 is 0. The van der Waals surface area contributed by atoms with Gasteiger partial charge in [-0.15, -0.1) is 0 Å². The van der Waals surface area contributed by atoms with Crippen molar-refractivity contribution in [1.29, 1.82) is 0 Å². The molecule has 24 heavy (non-hydrogen) atoms. The summed E-state index contributed by atoms with van der Waals surface area (Å²) in [5, 5.41) is 9.05.